The minimum atomic E-state index is 0.304. The standard InChI is InChI=1S/C9H12INS/c10-8-4-7(5-12-8)9(11)6-2-1-3-6/h4-6,9H,1-3,11H2. The van der Waals surface area contributed by atoms with Gasteiger partial charge >= 0.3 is 0 Å². The third-order valence-electron chi connectivity index (χ3n) is 2.63. The summed E-state index contributed by atoms with van der Waals surface area (Å²) in [6.45, 7) is 0. The number of halogens is 1. The minimum absolute atomic E-state index is 0.304. The fraction of sp³-hybridized carbons (Fsp3) is 0.556. The molecule has 2 rings (SSSR count). The Balaban J connectivity index is 2.08. The molecule has 3 heteroatoms. The molecule has 1 aromatic rings. The summed E-state index contributed by atoms with van der Waals surface area (Å²) >= 11 is 4.14. The zero-order valence-corrected chi connectivity index (χ0v) is 9.77. The Morgan fingerprint density at radius 2 is 2.33 bits per heavy atom. The fourth-order valence-corrected chi connectivity index (χ4v) is 2.99. The highest BCUT2D eigenvalue weighted by Crippen LogP contribution is 2.37. The predicted octanol–water partition coefficient (Wildman–Crippen LogP) is 3.15. The molecule has 0 aliphatic heterocycles. The monoisotopic (exact) mass is 293 g/mol. The molecule has 2 N–H and O–H groups in total. The van der Waals surface area contributed by atoms with Gasteiger partial charge in [0.15, 0.2) is 0 Å². The molecule has 0 saturated heterocycles. The number of hydrogen-bond donors (Lipinski definition) is 1. The van der Waals surface area contributed by atoms with Crippen LogP contribution in [-0.4, -0.2) is 0 Å². The Hall–Kier alpha value is 0.390. The molecule has 1 aliphatic carbocycles. The minimum Gasteiger partial charge on any atom is -0.324 e. The Morgan fingerprint density at radius 1 is 1.58 bits per heavy atom. The number of nitrogens with two attached hydrogens (primary N) is 1. The lowest BCUT2D eigenvalue weighted by molar-refractivity contribution is 0.264. The fourth-order valence-electron chi connectivity index (χ4n) is 1.57. The van der Waals surface area contributed by atoms with Gasteiger partial charge < -0.3 is 5.73 Å². The second-order valence-corrected chi connectivity index (χ2v) is 6.21. The highest BCUT2D eigenvalue weighted by Gasteiger charge is 2.25. The van der Waals surface area contributed by atoms with E-state index in [-0.39, 0.29) is 0 Å². The molecule has 1 heterocycles. The van der Waals surface area contributed by atoms with E-state index in [4.69, 9.17) is 5.73 Å². The zero-order chi connectivity index (χ0) is 8.55. The highest BCUT2D eigenvalue weighted by atomic mass is 127. The molecule has 1 unspecified atom stereocenters. The van der Waals surface area contributed by atoms with E-state index in [0.29, 0.717) is 6.04 Å². The smallest absolute Gasteiger partial charge is 0.0656 e. The quantitative estimate of drug-likeness (QED) is 0.833. The third kappa shape index (κ3) is 1.67. The molecule has 1 aliphatic rings. The average molecular weight is 293 g/mol. The van der Waals surface area contributed by atoms with Crippen molar-refractivity contribution in [3.63, 3.8) is 0 Å². The van der Waals surface area contributed by atoms with Gasteiger partial charge in [-0.05, 0) is 58.4 Å². The predicted molar refractivity (Wildman–Crippen MR) is 61.3 cm³/mol. The topological polar surface area (TPSA) is 26.0 Å². The Bertz CT molecular complexity index is 267. The molecule has 12 heavy (non-hydrogen) atoms. The largest absolute Gasteiger partial charge is 0.324 e. The van der Waals surface area contributed by atoms with Crippen LogP contribution in [0.2, 0.25) is 0 Å². The first-order valence-electron chi connectivity index (χ1n) is 4.27. The van der Waals surface area contributed by atoms with Crippen molar-refractivity contribution in [2.24, 2.45) is 11.7 Å². The summed E-state index contributed by atoms with van der Waals surface area (Å²) in [5.74, 6) is 0.760. The third-order valence-corrected chi connectivity index (χ3v) is 4.44. The van der Waals surface area contributed by atoms with Crippen LogP contribution >= 0.6 is 33.9 Å². The average Bonchev–Trinajstić information content (AvgIpc) is 2.31. The second kappa shape index (κ2) is 3.64. The molecule has 1 fully saturated rings. The first-order chi connectivity index (χ1) is 5.77. The summed E-state index contributed by atoms with van der Waals surface area (Å²) < 4.78 is 1.34. The Labute approximate surface area is 90.5 Å². The van der Waals surface area contributed by atoms with Crippen molar-refractivity contribution in [3.8, 4) is 0 Å². The SMILES string of the molecule is NC(c1csc(I)c1)C1CCC1. The summed E-state index contributed by atoms with van der Waals surface area (Å²) in [7, 11) is 0. The van der Waals surface area contributed by atoms with E-state index >= 15 is 0 Å². The van der Waals surface area contributed by atoms with Crippen molar-refractivity contribution in [2.75, 3.05) is 0 Å². The normalized spacial score (nSPS) is 20.5. The van der Waals surface area contributed by atoms with Crippen LogP contribution in [0, 0.1) is 8.80 Å². The maximum absolute atomic E-state index is 6.12. The van der Waals surface area contributed by atoms with E-state index < -0.39 is 0 Å². The van der Waals surface area contributed by atoms with E-state index in [9.17, 15) is 0 Å². The van der Waals surface area contributed by atoms with Gasteiger partial charge in [-0.15, -0.1) is 11.3 Å². The molecular weight excluding hydrogens is 281 g/mol. The molecule has 66 valence electrons. The van der Waals surface area contributed by atoms with E-state index in [0.717, 1.165) is 5.92 Å². The van der Waals surface area contributed by atoms with Crippen LogP contribution in [0.1, 0.15) is 30.9 Å². The maximum atomic E-state index is 6.12. The summed E-state index contributed by atoms with van der Waals surface area (Å²) in [6, 6.07) is 2.52. The van der Waals surface area contributed by atoms with Gasteiger partial charge in [-0.2, -0.15) is 0 Å². The van der Waals surface area contributed by atoms with Crippen molar-refractivity contribution in [2.45, 2.75) is 25.3 Å². The van der Waals surface area contributed by atoms with Gasteiger partial charge in [0.1, 0.15) is 0 Å². The summed E-state index contributed by atoms with van der Waals surface area (Å²) in [5, 5.41) is 2.20. The lowest BCUT2D eigenvalue weighted by Crippen LogP contribution is -2.26. The summed E-state index contributed by atoms with van der Waals surface area (Å²) in [5.41, 5.74) is 7.46. The number of rotatable bonds is 2. The van der Waals surface area contributed by atoms with Crippen molar-refractivity contribution in [3.05, 3.63) is 19.9 Å². The summed E-state index contributed by atoms with van der Waals surface area (Å²) in [4.78, 5) is 0. The van der Waals surface area contributed by atoms with Gasteiger partial charge in [0.25, 0.3) is 0 Å². The van der Waals surface area contributed by atoms with Crippen LogP contribution in [0.25, 0.3) is 0 Å². The second-order valence-electron chi connectivity index (χ2n) is 3.40. The molecular formula is C9H12INS. The van der Waals surface area contributed by atoms with Crippen molar-refractivity contribution in [1.82, 2.24) is 0 Å². The van der Waals surface area contributed by atoms with Crippen molar-refractivity contribution >= 4 is 33.9 Å². The molecule has 1 nitrogen and oxygen atoms in total. The molecule has 1 aromatic heterocycles. The lowest BCUT2D eigenvalue weighted by atomic mass is 9.78. The maximum Gasteiger partial charge on any atom is 0.0656 e. The van der Waals surface area contributed by atoms with Gasteiger partial charge in [0, 0.05) is 6.04 Å². The van der Waals surface area contributed by atoms with Gasteiger partial charge in [-0.3, -0.25) is 0 Å². The summed E-state index contributed by atoms with van der Waals surface area (Å²) in [6.07, 6.45) is 4.03. The first-order valence-corrected chi connectivity index (χ1v) is 6.23. The Morgan fingerprint density at radius 3 is 2.75 bits per heavy atom. The van der Waals surface area contributed by atoms with Gasteiger partial charge in [-0.1, -0.05) is 6.42 Å². The lowest BCUT2D eigenvalue weighted by Gasteiger charge is -2.30. The van der Waals surface area contributed by atoms with Crippen LogP contribution in [0.4, 0.5) is 0 Å². The van der Waals surface area contributed by atoms with Crippen LogP contribution in [0.15, 0.2) is 11.4 Å². The van der Waals surface area contributed by atoms with Gasteiger partial charge in [-0.25, -0.2) is 0 Å². The molecule has 0 amide bonds. The number of hydrogen-bond acceptors (Lipinski definition) is 2. The zero-order valence-electron chi connectivity index (χ0n) is 6.79. The molecule has 1 atom stereocenters. The van der Waals surface area contributed by atoms with Crippen molar-refractivity contribution < 1.29 is 0 Å². The molecule has 0 spiro atoms. The highest BCUT2D eigenvalue weighted by molar-refractivity contribution is 14.1. The van der Waals surface area contributed by atoms with Gasteiger partial charge in [0.2, 0.25) is 0 Å². The molecule has 1 saturated carbocycles. The van der Waals surface area contributed by atoms with Crippen LogP contribution < -0.4 is 5.73 Å². The van der Waals surface area contributed by atoms with Crippen molar-refractivity contribution in [1.29, 1.82) is 0 Å². The van der Waals surface area contributed by atoms with E-state index in [2.05, 4.69) is 34.0 Å². The molecule has 0 bridgehead atoms. The van der Waals surface area contributed by atoms with Crippen LogP contribution in [0.3, 0.4) is 0 Å². The molecule has 0 radical (unpaired) electrons. The van der Waals surface area contributed by atoms with E-state index in [1.807, 2.05) is 0 Å². The Kier molecular flexibility index (Phi) is 2.72. The van der Waals surface area contributed by atoms with Gasteiger partial charge in [0.05, 0.1) is 2.88 Å². The van der Waals surface area contributed by atoms with E-state index in [1.54, 1.807) is 11.3 Å². The molecule has 0 aromatic carbocycles. The van der Waals surface area contributed by atoms with E-state index in [1.165, 1.54) is 27.7 Å². The van der Waals surface area contributed by atoms with Crippen LogP contribution in [-0.2, 0) is 0 Å². The first kappa shape index (κ1) is 8.97. The number of thiophene rings is 1. The van der Waals surface area contributed by atoms with Crippen LogP contribution in [0.5, 0.6) is 0 Å².